The lowest BCUT2D eigenvalue weighted by Crippen LogP contribution is -2.35. The number of carbonyl (C=O) groups is 1. The van der Waals surface area contributed by atoms with E-state index in [9.17, 15) is 4.79 Å². The number of anilines is 1. The zero-order valence-electron chi connectivity index (χ0n) is 9.14. The van der Waals surface area contributed by atoms with Crippen molar-refractivity contribution in [2.75, 3.05) is 25.6 Å². The van der Waals surface area contributed by atoms with Crippen LogP contribution in [0.4, 0.5) is 5.69 Å². The van der Waals surface area contributed by atoms with Gasteiger partial charge >= 0.3 is 5.97 Å². The molecule has 1 atom stereocenters. The lowest BCUT2D eigenvalue weighted by molar-refractivity contribution is -0.136. The molecular weight excluding hydrogens is 226 g/mol. The molecule has 1 aromatic rings. The highest BCUT2D eigenvalue weighted by molar-refractivity contribution is 8.00. The molecule has 16 heavy (non-hydrogen) atoms. The number of carboxylic acids is 1. The minimum Gasteiger partial charge on any atom is -0.497 e. The number of rotatable bonds is 2. The molecule has 4 nitrogen and oxygen atoms in total. The molecule has 0 bridgehead atoms. The van der Waals surface area contributed by atoms with Crippen molar-refractivity contribution >= 4 is 23.4 Å². The highest BCUT2D eigenvalue weighted by Crippen LogP contribution is 2.39. The third-order valence-electron chi connectivity index (χ3n) is 2.56. The number of thioether (sulfide) groups is 1. The molecule has 0 saturated carbocycles. The zero-order chi connectivity index (χ0) is 11.7. The van der Waals surface area contributed by atoms with Crippen LogP contribution in [0.5, 0.6) is 5.75 Å². The second-order valence-electron chi connectivity index (χ2n) is 3.66. The van der Waals surface area contributed by atoms with Crippen LogP contribution in [0, 0.1) is 0 Å². The van der Waals surface area contributed by atoms with Crippen molar-refractivity contribution in [2.24, 2.45) is 0 Å². The number of ether oxygens (including phenoxy) is 1. The number of methoxy groups -OCH3 is 1. The van der Waals surface area contributed by atoms with Gasteiger partial charge < -0.3 is 14.7 Å². The lowest BCUT2D eigenvalue weighted by atomic mass is 10.2. The first-order valence-electron chi connectivity index (χ1n) is 4.90. The van der Waals surface area contributed by atoms with Crippen molar-refractivity contribution in [3.05, 3.63) is 18.2 Å². The normalized spacial score (nSPS) is 19.1. The Morgan fingerprint density at radius 1 is 1.62 bits per heavy atom. The Bertz CT molecular complexity index is 422. The van der Waals surface area contributed by atoms with E-state index in [0.29, 0.717) is 6.54 Å². The van der Waals surface area contributed by atoms with Gasteiger partial charge in [0, 0.05) is 24.6 Å². The van der Waals surface area contributed by atoms with Gasteiger partial charge in [0.25, 0.3) is 0 Å². The third-order valence-corrected chi connectivity index (χ3v) is 3.80. The van der Waals surface area contributed by atoms with Crippen LogP contribution in [0.2, 0.25) is 0 Å². The van der Waals surface area contributed by atoms with Gasteiger partial charge in [0.15, 0.2) is 0 Å². The molecule has 5 heteroatoms. The summed E-state index contributed by atoms with van der Waals surface area (Å²) in [5.41, 5.74) is 1.03. The SMILES string of the molecule is COc1ccc2c(c1)N(C)CC(C(=O)O)S2. The summed E-state index contributed by atoms with van der Waals surface area (Å²) in [6, 6.07) is 5.69. The van der Waals surface area contributed by atoms with Gasteiger partial charge in [-0.05, 0) is 12.1 Å². The number of benzene rings is 1. The molecule has 1 aliphatic rings. The molecule has 1 unspecified atom stereocenters. The number of hydrogen-bond donors (Lipinski definition) is 1. The average Bonchev–Trinajstić information content (AvgIpc) is 2.28. The second-order valence-corrected chi connectivity index (χ2v) is 4.90. The summed E-state index contributed by atoms with van der Waals surface area (Å²) < 4.78 is 5.15. The molecule has 0 fully saturated rings. The minimum atomic E-state index is -0.765. The summed E-state index contributed by atoms with van der Waals surface area (Å²) in [7, 11) is 3.52. The van der Waals surface area contributed by atoms with Gasteiger partial charge in [-0.15, -0.1) is 11.8 Å². The largest absolute Gasteiger partial charge is 0.497 e. The molecule has 0 aliphatic carbocycles. The van der Waals surface area contributed by atoms with Crippen LogP contribution in [0.3, 0.4) is 0 Å². The lowest BCUT2D eigenvalue weighted by Gasteiger charge is -2.31. The van der Waals surface area contributed by atoms with E-state index in [4.69, 9.17) is 9.84 Å². The first-order chi connectivity index (χ1) is 7.61. The van der Waals surface area contributed by atoms with Gasteiger partial charge in [-0.2, -0.15) is 0 Å². The summed E-state index contributed by atoms with van der Waals surface area (Å²) in [6.45, 7) is 0.514. The molecule has 1 N–H and O–H groups in total. The van der Waals surface area contributed by atoms with Crippen molar-refractivity contribution in [1.29, 1.82) is 0 Å². The Hall–Kier alpha value is -1.36. The van der Waals surface area contributed by atoms with Crippen molar-refractivity contribution in [1.82, 2.24) is 0 Å². The van der Waals surface area contributed by atoms with Crippen molar-refractivity contribution in [3.63, 3.8) is 0 Å². The molecule has 0 amide bonds. The molecule has 86 valence electrons. The summed E-state index contributed by atoms with van der Waals surface area (Å²) >= 11 is 1.39. The zero-order valence-corrected chi connectivity index (χ0v) is 9.95. The molecule has 0 radical (unpaired) electrons. The smallest absolute Gasteiger partial charge is 0.318 e. The van der Waals surface area contributed by atoms with Gasteiger partial charge in [0.1, 0.15) is 11.0 Å². The fourth-order valence-electron chi connectivity index (χ4n) is 1.69. The topological polar surface area (TPSA) is 49.8 Å². The highest BCUT2D eigenvalue weighted by Gasteiger charge is 2.28. The Morgan fingerprint density at radius 2 is 2.38 bits per heavy atom. The molecule has 1 aromatic carbocycles. The summed E-state index contributed by atoms with van der Waals surface area (Å²) in [6.07, 6.45) is 0. The van der Waals surface area contributed by atoms with Crippen LogP contribution in [0.1, 0.15) is 0 Å². The predicted octanol–water partition coefficient (Wildman–Crippen LogP) is 1.69. The molecule has 1 aliphatic heterocycles. The first kappa shape index (κ1) is 11.1. The van der Waals surface area contributed by atoms with Crippen LogP contribution in [-0.4, -0.2) is 37.0 Å². The summed E-state index contributed by atoms with van der Waals surface area (Å²) in [5, 5.41) is 8.61. The minimum absolute atomic E-state index is 0.397. The van der Waals surface area contributed by atoms with Crippen LogP contribution in [0.15, 0.2) is 23.1 Å². The van der Waals surface area contributed by atoms with E-state index in [-0.39, 0.29) is 0 Å². The Labute approximate surface area is 98.2 Å². The number of hydrogen-bond acceptors (Lipinski definition) is 4. The first-order valence-corrected chi connectivity index (χ1v) is 5.78. The standard InChI is InChI=1S/C11H13NO3S/c1-12-6-10(11(13)14)16-9-4-3-7(15-2)5-8(9)12/h3-5,10H,6H2,1-2H3,(H,13,14). The van der Waals surface area contributed by atoms with Gasteiger partial charge in [-0.25, -0.2) is 0 Å². The van der Waals surface area contributed by atoms with Crippen molar-refractivity contribution < 1.29 is 14.6 Å². The Kier molecular flexibility index (Phi) is 2.96. The quantitative estimate of drug-likeness (QED) is 0.851. The molecule has 2 rings (SSSR count). The van der Waals surface area contributed by atoms with E-state index < -0.39 is 11.2 Å². The maximum atomic E-state index is 11.0. The average molecular weight is 239 g/mol. The van der Waals surface area contributed by atoms with E-state index in [1.807, 2.05) is 30.1 Å². The second kappa shape index (κ2) is 4.25. The van der Waals surface area contributed by atoms with E-state index >= 15 is 0 Å². The van der Waals surface area contributed by atoms with Crippen LogP contribution in [-0.2, 0) is 4.79 Å². The van der Waals surface area contributed by atoms with E-state index in [1.165, 1.54) is 11.8 Å². The highest BCUT2D eigenvalue weighted by atomic mass is 32.2. The van der Waals surface area contributed by atoms with Crippen molar-refractivity contribution in [2.45, 2.75) is 10.1 Å². The van der Waals surface area contributed by atoms with Crippen LogP contribution >= 0.6 is 11.8 Å². The summed E-state index contributed by atoms with van der Waals surface area (Å²) in [4.78, 5) is 13.9. The van der Waals surface area contributed by atoms with Gasteiger partial charge in [0.2, 0.25) is 0 Å². The van der Waals surface area contributed by atoms with E-state index in [1.54, 1.807) is 7.11 Å². The molecular formula is C11H13NO3S. The Morgan fingerprint density at radius 3 is 3.00 bits per heavy atom. The number of aliphatic carboxylic acids is 1. The van der Waals surface area contributed by atoms with Gasteiger partial charge in [0.05, 0.1) is 12.8 Å². The monoisotopic (exact) mass is 239 g/mol. The maximum Gasteiger partial charge on any atom is 0.318 e. The van der Waals surface area contributed by atoms with Crippen LogP contribution < -0.4 is 9.64 Å². The van der Waals surface area contributed by atoms with Gasteiger partial charge in [-0.3, -0.25) is 4.79 Å². The van der Waals surface area contributed by atoms with Gasteiger partial charge in [-0.1, -0.05) is 0 Å². The number of nitrogens with zero attached hydrogens (tertiary/aromatic N) is 1. The maximum absolute atomic E-state index is 11.0. The molecule has 0 spiro atoms. The third kappa shape index (κ3) is 1.95. The number of fused-ring (bicyclic) bond motifs is 1. The predicted molar refractivity (Wildman–Crippen MR) is 63.5 cm³/mol. The molecule has 0 aromatic heterocycles. The fourth-order valence-corrected chi connectivity index (χ4v) is 2.88. The van der Waals surface area contributed by atoms with Crippen molar-refractivity contribution in [3.8, 4) is 5.75 Å². The number of carboxylic acid groups (broad SMARTS) is 1. The summed E-state index contributed by atoms with van der Waals surface area (Å²) in [5.74, 6) is 0.0262. The van der Waals surface area contributed by atoms with E-state index in [0.717, 1.165) is 16.3 Å². The van der Waals surface area contributed by atoms with Crippen LogP contribution in [0.25, 0.3) is 0 Å². The molecule has 0 saturated heterocycles. The fraction of sp³-hybridized carbons (Fsp3) is 0.364. The van der Waals surface area contributed by atoms with E-state index in [2.05, 4.69) is 0 Å². The Balaban J connectivity index is 2.34. The molecule has 1 heterocycles.